The molecule has 0 radical (unpaired) electrons. The van der Waals surface area contributed by atoms with Crippen LogP contribution in [0.5, 0.6) is 0 Å². The van der Waals surface area contributed by atoms with Crippen LogP contribution in [0.15, 0.2) is 0 Å². The lowest BCUT2D eigenvalue weighted by Crippen LogP contribution is -2.39. The number of hydrogen-bond acceptors (Lipinski definition) is 3. The zero-order valence-electron chi connectivity index (χ0n) is 9.43. The molecule has 1 aliphatic heterocycles. The molecule has 1 amide bonds. The molecule has 2 rings (SSSR count). The average Bonchev–Trinajstić information content (AvgIpc) is 3.10. The summed E-state index contributed by atoms with van der Waals surface area (Å²) in [5.41, 5.74) is 2.42. The molecule has 1 saturated heterocycles. The van der Waals surface area contributed by atoms with E-state index in [9.17, 15) is 4.79 Å². The minimum absolute atomic E-state index is 0.223. The van der Waals surface area contributed by atoms with Crippen molar-refractivity contribution in [3.8, 4) is 0 Å². The third kappa shape index (κ3) is 2.86. The molecule has 16 heavy (non-hydrogen) atoms. The quantitative estimate of drug-likeness (QED) is 0.638. The molecule has 1 unspecified atom stereocenters. The van der Waals surface area contributed by atoms with Crippen molar-refractivity contribution in [1.29, 1.82) is 0 Å². The van der Waals surface area contributed by atoms with Gasteiger partial charge < -0.3 is 15.2 Å². The predicted octanol–water partition coefficient (Wildman–Crippen LogP) is 1.52. The van der Waals surface area contributed by atoms with Gasteiger partial charge in [-0.2, -0.15) is 0 Å². The Kier molecular flexibility index (Phi) is 3.66. The first-order chi connectivity index (χ1) is 7.70. The number of amides is 1. The molecular formula is C11H20N2O3. The van der Waals surface area contributed by atoms with E-state index >= 15 is 0 Å². The van der Waals surface area contributed by atoms with Crippen molar-refractivity contribution in [3.05, 3.63) is 0 Å². The Hall–Kier alpha value is -0.810. The van der Waals surface area contributed by atoms with E-state index in [2.05, 4.69) is 5.48 Å². The summed E-state index contributed by atoms with van der Waals surface area (Å²) in [4.78, 5) is 12.2. The van der Waals surface area contributed by atoms with E-state index in [0.29, 0.717) is 24.9 Å². The van der Waals surface area contributed by atoms with Crippen LogP contribution in [-0.2, 0) is 0 Å². The summed E-state index contributed by atoms with van der Waals surface area (Å²) >= 11 is 0. The molecule has 0 bridgehead atoms. The third-order valence-corrected chi connectivity index (χ3v) is 3.83. The predicted molar refractivity (Wildman–Crippen MR) is 58.4 cm³/mol. The number of carbonyl (C=O) groups is 1. The summed E-state index contributed by atoms with van der Waals surface area (Å²) < 4.78 is 0. The number of likely N-dealkylation sites (tertiary alicyclic amines) is 1. The molecule has 0 spiro atoms. The fourth-order valence-corrected chi connectivity index (χ4v) is 2.57. The summed E-state index contributed by atoms with van der Waals surface area (Å²) in [5.74, 6) is 1.20. The molecule has 2 fully saturated rings. The summed E-state index contributed by atoms with van der Waals surface area (Å²) in [6.07, 6.45) is 4.46. The average molecular weight is 228 g/mol. The fourth-order valence-electron chi connectivity index (χ4n) is 2.57. The highest BCUT2D eigenvalue weighted by Gasteiger charge is 2.33. The first-order valence-electron chi connectivity index (χ1n) is 6.08. The number of hydrogen-bond donors (Lipinski definition) is 3. The zero-order valence-corrected chi connectivity index (χ0v) is 9.43. The first kappa shape index (κ1) is 11.7. The number of nitrogens with one attached hydrogen (secondary N) is 1. The summed E-state index contributed by atoms with van der Waals surface area (Å²) in [6.45, 7) is 1.28. The Morgan fingerprint density at radius 3 is 2.38 bits per heavy atom. The van der Waals surface area contributed by atoms with Crippen molar-refractivity contribution in [3.63, 3.8) is 0 Å². The molecule has 0 aromatic rings. The van der Waals surface area contributed by atoms with Gasteiger partial charge in [0.1, 0.15) is 0 Å². The van der Waals surface area contributed by atoms with Crippen LogP contribution in [0.2, 0.25) is 0 Å². The van der Waals surface area contributed by atoms with E-state index in [1.807, 2.05) is 0 Å². The third-order valence-electron chi connectivity index (χ3n) is 3.83. The van der Waals surface area contributed by atoms with Crippen LogP contribution in [0, 0.1) is 11.8 Å². The van der Waals surface area contributed by atoms with Gasteiger partial charge in [-0.3, -0.25) is 0 Å². The van der Waals surface area contributed by atoms with Gasteiger partial charge >= 0.3 is 6.09 Å². The van der Waals surface area contributed by atoms with Crippen LogP contribution >= 0.6 is 0 Å². The largest absolute Gasteiger partial charge is 0.465 e. The molecule has 1 saturated carbocycles. The van der Waals surface area contributed by atoms with Crippen LogP contribution in [0.1, 0.15) is 32.1 Å². The van der Waals surface area contributed by atoms with Gasteiger partial charge in [-0.1, -0.05) is 0 Å². The van der Waals surface area contributed by atoms with Crippen molar-refractivity contribution < 1.29 is 15.1 Å². The summed E-state index contributed by atoms with van der Waals surface area (Å²) in [7, 11) is 0. The maximum Gasteiger partial charge on any atom is 0.407 e. The minimum atomic E-state index is -0.808. The van der Waals surface area contributed by atoms with Crippen LogP contribution in [-0.4, -0.2) is 40.4 Å². The lowest BCUT2D eigenvalue weighted by atomic mass is 9.89. The van der Waals surface area contributed by atoms with E-state index in [1.54, 1.807) is 0 Å². The Morgan fingerprint density at radius 2 is 1.94 bits per heavy atom. The second-order valence-electron chi connectivity index (χ2n) is 5.02. The highest BCUT2D eigenvalue weighted by Crippen LogP contribution is 2.36. The highest BCUT2D eigenvalue weighted by molar-refractivity contribution is 5.64. The number of nitrogens with zero attached hydrogens (tertiary/aromatic N) is 1. The molecule has 92 valence electrons. The maximum atomic E-state index is 10.7. The molecule has 2 aliphatic rings. The van der Waals surface area contributed by atoms with Crippen LogP contribution in [0.3, 0.4) is 0 Å². The van der Waals surface area contributed by atoms with Crippen molar-refractivity contribution in [1.82, 2.24) is 10.4 Å². The molecule has 5 heteroatoms. The normalized spacial score (nSPS) is 24.4. The lowest BCUT2D eigenvalue weighted by Gasteiger charge is -2.31. The number of hydroxylamine groups is 1. The van der Waals surface area contributed by atoms with Gasteiger partial charge in [0.2, 0.25) is 0 Å². The van der Waals surface area contributed by atoms with Gasteiger partial charge in [0.25, 0.3) is 0 Å². The molecule has 0 aromatic heterocycles. The zero-order chi connectivity index (χ0) is 11.5. The SMILES string of the molecule is O=C(O)N1CCC(CC(NO)C2CC2)CC1. The monoisotopic (exact) mass is 228 g/mol. The minimum Gasteiger partial charge on any atom is -0.465 e. The van der Waals surface area contributed by atoms with E-state index in [1.165, 1.54) is 17.7 Å². The number of rotatable bonds is 4. The molecular weight excluding hydrogens is 208 g/mol. The maximum absolute atomic E-state index is 10.7. The second-order valence-corrected chi connectivity index (χ2v) is 5.02. The smallest absolute Gasteiger partial charge is 0.407 e. The van der Waals surface area contributed by atoms with Gasteiger partial charge in [0.15, 0.2) is 0 Å². The highest BCUT2D eigenvalue weighted by atomic mass is 16.5. The van der Waals surface area contributed by atoms with Gasteiger partial charge in [0, 0.05) is 19.1 Å². The summed E-state index contributed by atoms with van der Waals surface area (Å²) in [6, 6.07) is 0.223. The van der Waals surface area contributed by atoms with Crippen molar-refractivity contribution in [2.75, 3.05) is 13.1 Å². The van der Waals surface area contributed by atoms with E-state index in [-0.39, 0.29) is 6.04 Å². The van der Waals surface area contributed by atoms with Crippen molar-refractivity contribution in [2.24, 2.45) is 11.8 Å². The molecule has 5 nitrogen and oxygen atoms in total. The fraction of sp³-hybridized carbons (Fsp3) is 0.909. The lowest BCUT2D eigenvalue weighted by molar-refractivity contribution is 0.0859. The van der Waals surface area contributed by atoms with Crippen molar-refractivity contribution >= 4 is 6.09 Å². The van der Waals surface area contributed by atoms with E-state index in [0.717, 1.165) is 19.3 Å². The van der Waals surface area contributed by atoms with E-state index < -0.39 is 6.09 Å². The Bertz CT molecular complexity index is 248. The Morgan fingerprint density at radius 1 is 1.31 bits per heavy atom. The molecule has 1 atom stereocenters. The Labute approximate surface area is 95.4 Å². The summed E-state index contributed by atoms with van der Waals surface area (Å²) in [5, 5.41) is 17.9. The van der Waals surface area contributed by atoms with Crippen LogP contribution in [0.4, 0.5) is 4.79 Å². The molecule has 1 heterocycles. The molecule has 1 aliphatic carbocycles. The van der Waals surface area contributed by atoms with Gasteiger partial charge in [-0.15, -0.1) is 0 Å². The van der Waals surface area contributed by atoms with Gasteiger partial charge in [0.05, 0.1) is 0 Å². The first-order valence-corrected chi connectivity index (χ1v) is 6.08. The standard InChI is InChI=1S/C11H20N2O3/c14-11(15)13-5-3-8(4-6-13)7-10(12-16)9-1-2-9/h8-10,12,16H,1-7H2,(H,14,15). The second kappa shape index (κ2) is 5.01. The number of piperidine rings is 1. The van der Waals surface area contributed by atoms with Crippen molar-refractivity contribution in [2.45, 2.75) is 38.1 Å². The Balaban J connectivity index is 1.73. The molecule has 3 N–H and O–H groups in total. The number of carboxylic acid groups (broad SMARTS) is 1. The van der Waals surface area contributed by atoms with Gasteiger partial charge in [-0.25, -0.2) is 10.3 Å². The van der Waals surface area contributed by atoms with Crippen LogP contribution < -0.4 is 5.48 Å². The van der Waals surface area contributed by atoms with Gasteiger partial charge in [-0.05, 0) is 43.9 Å². The topological polar surface area (TPSA) is 72.8 Å². The molecule has 0 aromatic carbocycles. The van der Waals surface area contributed by atoms with Crippen LogP contribution in [0.25, 0.3) is 0 Å². The van der Waals surface area contributed by atoms with E-state index in [4.69, 9.17) is 10.3 Å².